The van der Waals surface area contributed by atoms with Gasteiger partial charge in [0, 0.05) is 32.1 Å². The maximum Gasteiger partial charge on any atom is 0.229 e. The van der Waals surface area contributed by atoms with Gasteiger partial charge < -0.3 is 49.2 Å². The number of benzene rings is 1. The van der Waals surface area contributed by atoms with E-state index in [4.69, 9.17) is 23.7 Å². The van der Waals surface area contributed by atoms with Crippen LogP contribution >= 0.6 is 0 Å². The monoisotopic (exact) mass is 468 g/mol. The first-order chi connectivity index (χ1) is 15.9. The van der Waals surface area contributed by atoms with E-state index in [0.717, 1.165) is 5.56 Å². The van der Waals surface area contributed by atoms with Gasteiger partial charge in [-0.1, -0.05) is 18.2 Å². The third kappa shape index (κ3) is 4.75. The van der Waals surface area contributed by atoms with E-state index >= 15 is 0 Å². The van der Waals surface area contributed by atoms with Crippen molar-refractivity contribution in [3.05, 3.63) is 35.9 Å². The fourth-order valence-corrected chi connectivity index (χ4v) is 4.79. The van der Waals surface area contributed by atoms with Crippen LogP contribution in [0.4, 0.5) is 0 Å². The number of aliphatic hydroxyl groups is 5. The van der Waals surface area contributed by atoms with Gasteiger partial charge in [0.25, 0.3) is 0 Å². The van der Waals surface area contributed by atoms with Gasteiger partial charge >= 0.3 is 0 Å². The van der Waals surface area contributed by atoms with Gasteiger partial charge in [0.2, 0.25) is 6.29 Å². The van der Waals surface area contributed by atoms with E-state index in [1.54, 1.807) is 26.4 Å². The van der Waals surface area contributed by atoms with Crippen LogP contribution in [0.25, 0.3) is 0 Å². The summed E-state index contributed by atoms with van der Waals surface area (Å²) in [5, 5.41) is 50.2. The molecule has 10 atom stereocenters. The zero-order valence-corrected chi connectivity index (χ0v) is 18.6. The highest BCUT2D eigenvalue weighted by molar-refractivity contribution is 5.42. The largest absolute Gasteiger partial charge is 0.493 e. The van der Waals surface area contributed by atoms with E-state index in [1.165, 1.54) is 0 Å². The second-order valence-corrected chi connectivity index (χ2v) is 8.71. The van der Waals surface area contributed by atoms with E-state index in [2.05, 4.69) is 0 Å². The SMILES string of the molecule is CO[C@@H]1[C@@H](O)[C@H]([C@@H]2COc3cc(O[C@H]4O[C@H](CO)[C@@H](O)[C@H](O)[C@H]4O)ccc3C2)C=C[C@@H]1OC. The minimum Gasteiger partial charge on any atom is -0.493 e. The molecule has 1 saturated heterocycles. The second-order valence-electron chi connectivity index (χ2n) is 8.71. The molecule has 5 N–H and O–H groups in total. The number of methoxy groups -OCH3 is 2. The molecule has 10 nitrogen and oxygen atoms in total. The fourth-order valence-electron chi connectivity index (χ4n) is 4.79. The first-order valence-electron chi connectivity index (χ1n) is 11.0. The van der Waals surface area contributed by atoms with E-state index in [-0.39, 0.29) is 17.9 Å². The molecular formula is C23H32O10. The van der Waals surface area contributed by atoms with Gasteiger partial charge in [0.15, 0.2) is 0 Å². The van der Waals surface area contributed by atoms with Crippen molar-refractivity contribution >= 4 is 0 Å². The molecule has 0 radical (unpaired) electrons. The topological polar surface area (TPSA) is 147 Å². The quantitative estimate of drug-likeness (QED) is 0.329. The Kier molecular flexibility index (Phi) is 7.56. The standard InChI is InChI=1S/C23H32O10/c1-29-15-6-5-14(18(25)22(15)30-2)12-7-11-3-4-13(8-16(11)31-10-12)32-23-21(28)20(27)19(26)17(9-24)33-23/h3-6,8,12,14-15,17-28H,7,9-10H2,1-2H3/t12-,14-,15-,17+,18-,19+,20-,21+,22-,23-/m0/s1. The molecule has 0 amide bonds. The highest BCUT2D eigenvalue weighted by Crippen LogP contribution is 2.38. The van der Waals surface area contributed by atoms with Crippen molar-refractivity contribution in [3.63, 3.8) is 0 Å². The third-order valence-electron chi connectivity index (χ3n) is 6.74. The molecule has 184 valence electrons. The molecule has 1 aromatic rings. The molecule has 4 rings (SSSR count). The number of fused-ring (bicyclic) bond motifs is 1. The van der Waals surface area contributed by atoms with Crippen LogP contribution < -0.4 is 9.47 Å². The summed E-state index contributed by atoms with van der Waals surface area (Å²) < 4.78 is 27.9. The van der Waals surface area contributed by atoms with E-state index in [1.807, 2.05) is 18.2 Å². The highest BCUT2D eigenvalue weighted by atomic mass is 16.7. The zero-order valence-electron chi connectivity index (χ0n) is 18.6. The molecule has 2 heterocycles. The summed E-state index contributed by atoms with van der Waals surface area (Å²) in [6.07, 6.45) is -3.71. The number of aliphatic hydroxyl groups excluding tert-OH is 5. The first-order valence-corrected chi connectivity index (χ1v) is 11.0. The van der Waals surface area contributed by atoms with Crippen molar-refractivity contribution in [1.29, 1.82) is 0 Å². The average molecular weight is 468 g/mol. The van der Waals surface area contributed by atoms with Crippen LogP contribution in [0, 0.1) is 11.8 Å². The molecule has 33 heavy (non-hydrogen) atoms. The van der Waals surface area contributed by atoms with Crippen molar-refractivity contribution in [3.8, 4) is 11.5 Å². The van der Waals surface area contributed by atoms with E-state index in [9.17, 15) is 25.5 Å². The minimum atomic E-state index is -1.51. The molecule has 10 heteroatoms. The van der Waals surface area contributed by atoms with Gasteiger partial charge in [-0.25, -0.2) is 0 Å². The fraction of sp³-hybridized carbons (Fsp3) is 0.652. The Morgan fingerprint density at radius 3 is 2.45 bits per heavy atom. The molecule has 1 aromatic carbocycles. The van der Waals surface area contributed by atoms with Gasteiger partial charge in [-0.05, 0) is 18.1 Å². The van der Waals surface area contributed by atoms with Gasteiger partial charge in [-0.15, -0.1) is 0 Å². The van der Waals surface area contributed by atoms with Crippen LogP contribution in [0.5, 0.6) is 11.5 Å². The Morgan fingerprint density at radius 2 is 1.76 bits per heavy atom. The molecule has 0 unspecified atom stereocenters. The lowest BCUT2D eigenvalue weighted by Crippen LogP contribution is -2.60. The van der Waals surface area contributed by atoms with Gasteiger partial charge in [-0.3, -0.25) is 0 Å². The highest BCUT2D eigenvalue weighted by Gasteiger charge is 2.45. The normalized spacial score (nSPS) is 40.7. The van der Waals surface area contributed by atoms with Crippen molar-refractivity contribution < 1.29 is 49.2 Å². The number of hydrogen-bond donors (Lipinski definition) is 5. The molecule has 3 aliphatic rings. The van der Waals surface area contributed by atoms with Crippen molar-refractivity contribution in [2.24, 2.45) is 11.8 Å². The molecule has 0 spiro atoms. The molecule has 0 bridgehead atoms. The molecule has 0 aromatic heterocycles. The zero-order chi connectivity index (χ0) is 23.7. The molecule has 1 aliphatic carbocycles. The predicted molar refractivity (Wildman–Crippen MR) is 114 cm³/mol. The predicted octanol–water partition coefficient (Wildman–Crippen LogP) is -1.01. The number of ether oxygens (including phenoxy) is 5. The number of hydrogen-bond acceptors (Lipinski definition) is 10. The van der Waals surface area contributed by atoms with Crippen LogP contribution in [0.3, 0.4) is 0 Å². The summed E-state index contributed by atoms with van der Waals surface area (Å²) in [5.41, 5.74) is 0.941. The van der Waals surface area contributed by atoms with Crippen LogP contribution in [0.1, 0.15) is 5.56 Å². The lowest BCUT2D eigenvalue weighted by Gasteiger charge is -2.40. The van der Waals surface area contributed by atoms with Crippen LogP contribution in [0.2, 0.25) is 0 Å². The lowest BCUT2D eigenvalue weighted by molar-refractivity contribution is -0.277. The first kappa shape index (κ1) is 24.4. The Bertz CT molecular complexity index is 829. The minimum absolute atomic E-state index is 0.0384. The Hall–Kier alpha value is -1.76. The smallest absolute Gasteiger partial charge is 0.229 e. The summed E-state index contributed by atoms with van der Waals surface area (Å²) in [6.45, 7) is -0.146. The Morgan fingerprint density at radius 1 is 0.970 bits per heavy atom. The van der Waals surface area contributed by atoms with Crippen molar-refractivity contribution in [1.82, 2.24) is 0 Å². The van der Waals surface area contributed by atoms with E-state index < -0.39 is 49.5 Å². The summed E-state index contributed by atoms with van der Waals surface area (Å²) in [5.74, 6) is 0.841. The summed E-state index contributed by atoms with van der Waals surface area (Å²) in [7, 11) is 3.14. The van der Waals surface area contributed by atoms with Gasteiger partial charge in [0.1, 0.15) is 48.1 Å². The van der Waals surface area contributed by atoms with Crippen molar-refractivity contribution in [2.75, 3.05) is 27.4 Å². The summed E-state index contributed by atoms with van der Waals surface area (Å²) in [6, 6.07) is 5.20. The molecular weight excluding hydrogens is 436 g/mol. The summed E-state index contributed by atoms with van der Waals surface area (Å²) >= 11 is 0. The lowest BCUT2D eigenvalue weighted by atomic mass is 9.76. The van der Waals surface area contributed by atoms with Gasteiger partial charge in [-0.2, -0.15) is 0 Å². The third-order valence-corrected chi connectivity index (χ3v) is 6.74. The second kappa shape index (κ2) is 10.2. The molecule has 0 saturated carbocycles. The average Bonchev–Trinajstić information content (AvgIpc) is 2.83. The van der Waals surface area contributed by atoms with Gasteiger partial charge in [0.05, 0.1) is 19.3 Å². The van der Waals surface area contributed by atoms with Crippen LogP contribution in [-0.4, -0.2) is 102 Å². The summed E-state index contributed by atoms with van der Waals surface area (Å²) in [4.78, 5) is 0. The maximum absolute atomic E-state index is 10.8. The number of rotatable bonds is 6. The van der Waals surface area contributed by atoms with E-state index in [0.29, 0.717) is 24.5 Å². The Balaban J connectivity index is 1.44. The molecule has 2 aliphatic heterocycles. The Labute approximate surface area is 191 Å². The van der Waals surface area contributed by atoms with Crippen LogP contribution in [0.15, 0.2) is 30.4 Å². The van der Waals surface area contributed by atoms with Crippen LogP contribution in [-0.2, 0) is 20.6 Å². The van der Waals surface area contributed by atoms with Crippen molar-refractivity contribution in [2.45, 2.75) is 55.4 Å². The molecule has 1 fully saturated rings. The maximum atomic E-state index is 10.8.